The molecule has 4 aromatic heterocycles. The van der Waals surface area contributed by atoms with Gasteiger partial charge in [0.1, 0.15) is 11.0 Å². The number of aromatic nitrogens is 4. The fourth-order valence-corrected chi connectivity index (χ4v) is 8.75. The van der Waals surface area contributed by atoms with Gasteiger partial charge in [-0.05, 0) is 133 Å². The second kappa shape index (κ2) is 17.5. The van der Waals surface area contributed by atoms with Crippen molar-refractivity contribution in [1.82, 2.24) is 19.9 Å². The van der Waals surface area contributed by atoms with Crippen molar-refractivity contribution >= 4 is 56.3 Å². The molecule has 0 aliphatic heterocycles. The van der Waals surface area contributed by atoms with Gasteiger partial charge < -0.3 is 18.6 Å². The third-order valence-corrected chi connectivity index (χ3v) is 12.1. The Bertz CT molecular complexity index is 3390. The Morgan fingerprint density at radius 2 is 0.618 bits per heavy atom. The van der Waals surface area contributed by atoms with Gasteiger partial charge >= 0.3 is 0 Å². The summed E-state index contributed by atoms with van der Waals surface area (Å²) in [6, 6.07) is 78.4. The van der Waals surface area contributed by atoms with Crippen molar-refractivity contribution < 1.29 is 8.83 Å². The van der Waals surface area contributed by atoms with E-state index < -0.39 is 0 Å². The van der Waals surface area contributed by atoms with Crippen LogP contribution in [-0.2, 0) is 0 Å². The van der Waals surface area contributed by atoms with Gasteiger partial charge in [0.15, 0.2) is 11.2 Å². The van der Waals surface area contributed by atoms with Gasteiger partial charge in [-0.1, -0.05) is 97.1 Å². The van der Waals surface area contributed by atoms with Crippen LogP contribution in [0.4, 0.5) is 34.1 Å². The smallest absolute Gasteiger partial charge is 0.227 e. The highest BCUT2D eigenvalue weighted by atomic mass is 16.4. The summed E-state index contributed by atoms with van der Waals surface area (Å²) in [6.45, 7) is 0. The fraction of sp³-hybridized carbons (Fsp3) is 0. The minimum atomic E-state index is 0.532. The Balaban J connectivity index is 0.835. The van der Waals surface area contributed by atoms with Crippen LogP contribution in [-0.4, -0.2) is 19.9 Å². The van der Waals surface area contributed by atoms with Crippen LogP contribution in [0.2, 0.25) is 0 Å². The monoisotopic (exact) mass is 876 g/mol. The van der Waals surface area contributed by atoms with Crippen LogP contribution in [0.15, 0.2) is 252 Å². The second-order valence-electron chi connectivity index (χ2n) is 16.3. The molecular weight excluding hydrogens is 837 g/mol. The molecular formula is C60H40N6O2. The number of pyridine rings is 2. The molecule has 0 aliphatic rings. The zero-order valence-electron chi connectivity index (χ0n) is 36.6. The van der Waals surface area contributed by atoms with E-state index in [0.29, 0.717) is 22.9 Å². The minimum Gasteiger partial charge on any atom is -0.435 e. The van der Waals surface area contributed by atoms with Crippen LogP contribution in [0.3, 0.4) is 0 Å². The first-order chi connectivity index (χ1) is 33.7. The number of para-hydroxylation sites is 4. The van der Waals surface area contributed by atoms with Crippen LogP contribution in [0.5, 0.6) is 0 Å². The van der Waals surface area contributed by atoms with Crippen LogP contribution < -0.4 is 9.80 Å². The maximum Gasteiger partial charge on any atom is 0.227 e. The average Bonchev–Trinajstić information content (AvgIpc) is 4.07. The first-order valence-electron chi connectivity index (χ1n) is 22.4. The number of rotatable bonds is 11. The van der Waals surface area contributed by atoms with Gasteiger partial charge in [0, 0.05) is 79.9 Å². The molecule has 0 fully saturated rings. The highest BCUT2D eigenvalue weighted by Gasteiger charge is 2.20. The summed E-state index contributed by atoms with van der Waals surface area (Å²) in [5.74, 6) is 1.06. The molecule has 0 spiro atoms. The normalized spacial score (nSPS) is 11.2. The van der Waals surface area contributed by atoms with E-state index in [-0.39, 0.29) is 0 Å². The lowest BCUT2D eigenvalue weighted by Gasteiger charge is -2.25. The number of benzene rings is 8. The second-order valence-corrected chi connectivity index (χ2v) is 16.3. The predicted molar refractivity (Wildman–Crippen MR) is 274 cm³/mol. The third-order valence-electron chi connectivity index (χ3n) is 12.1. The van der Waals surface area contributed by atoms with E-state index in [1.807, 2.05) is 97.3 Å². The summed E-state index contributed by atoms with van der Waals surface area (Å²) in [5.41, 5.74) is 16.5. The Hall–Kier alpha value is -9.40. The first kappa shape index (κ1) is 40.1. The zero-order valence-corrected chi connectivity index (χ0v) is 36.6. The predicted octanol–water partition coefficient (Wildman–Crippen LogP) is 16.0. The molecule has 0 radical (unpaired) electrons. The van der Waals surface area contributed by atoms with Crippen LogP contribution in [0.25, 0.3) is 78.7 Å². The molecule has 8 aromatic carbocycles. The molecule has 0 bridgehead atoms. The van der Waals surface area contributed by atoms with E-state index in [1.54, 1.807) is 0 Å². The molecule has 68 heavy (non-hydrogen) atoms. The highest BCUT2D eigenvalue weighted by Crippen LogP contribution is 2.41. The lowest BCUT2D eigenvalue weighted by atomic mass is 10.0. The largest absolute Gasteiger partial charge is 0.435 e. The topological polar surface area (TPSA) is 84.3 Å². The third kappa shape index (κ3) is 7.71. The number of oxazole rings is 2. The van der Waals surface area contributed by atoms with Gasteiger partial charge in [-0.25, -0.2) is 9.97 Å². The number of hydrogen-bond donors (Lipinski definition) is 0. The van der Waals surface area contributed by atoms with Crippen LogP contribution in [0, 0.1) is 0 Å². The van der Waals surface area contributed by atoms with Crippen molar-refractivity contribution in [3.8, 4) is 56.6 Å². The van der Waals surface area contributed by atoms with E-state index in [1.165, 1.54) is 0 Å². The van der Waals surface area contributed by atoms with E-state index in [2.05, 4.69) is 165 Å². The Labute approximate surface area is 392 Å². The number of fused-ring (bicyclic) bond motifs is 2. The van der Waals surface area contributed by atoms with Crippen LogP contribution >= 0.6 is 0 Å². The van der Waals surface area contributed by atoms with E-state index >= 15 is 0 Å². The maximum absolute atomic E-state index is 6.64. The summed E-state index contributed by atoms with van der Waals surface area (Å²) in [7, 11) is 0. The molecule has 322 valence electrons. The van der Waals surface area contributed by atoms with Crippen molar-refractivity contribution in [2.24, 2.45) is 0 Å². The summed E-state index contributed by atoms with van der Waals surface area (Å²) >= 11 is 0. The standard InChI is InChI=1S/C60H40N6O2/c1-3-13-45(14-4-1)65(47-31-23-41(24-32-47)53-19-7-9-39-61-53)49-35-27-43(28-36-49)59-63-55-21-11-17-51(57(55)67-59)52-18-12-22-56-58(52)68-60(64-56)44-29-37-50(38-30-44)66(46-15-5-2-6-16-46)48-33-25-42(26-34-48)54-20-8-10-40-62-54/h1-40H. The van der Waals surface area contributed by atoms with Crippen LogP contribution in [0.1, 0.15) is 0 Å². The number of nitrogens with zero attached hydrogens (tertiary/aromatic N) is 6. The van der Waals surface area contributed by atoms with E-state index in [4.69, 9.17) is 18.8 Å². The van der Waals surface area contributed by atoms with Crippen molar-refractivity contribution in [2.75, 3.05) is 9.80 Å². The Morgan fingerprint density at radius 3 is 0.971 bits per heavy atom. The molecule has 0 unspecified atom stereocenters. The molecule has 4 heterocycles. The molecule has 8 heteroatoms. The zero-order chi connectivity index (χ0) is 45.2. The Kier molecular flexibility index (Phi) is 10.3. The Morgan fingerprint density at radius 1 is 0.279 bits per heavy atom. The van der Waals surface area contributed by atoms with Crippen molar-refractivity contribution in [3.05, 3.63) is 243 Å². The lowest BCUT2D eigenvalue weighted by molar-refractivity contribution is 0.616. The molecule has 0 atom stereocenters. The van der Waals surface area contributed by atoms with Crippen molar-refractivity contribution in [2.45, 2.75) is 0 Å². The molecule has 0 saturated carbocycles. The van der Waals surface area contributed by atoms with Gasteiger partial charge in [-0.3, -0.25) is 9.97 Å². The van der Waals surface area contributed by atoms with E-state index in [0.717, 1.165) is 89.9 Å². The average molecular weight is 877 g/mol. The molecule has 8 nitrogen and oxygen atoms in total. The van der Waals surface area contributed by atoms with E-state index in [9.17, 15) is 0 Å². The molecule has 12 aromatic rings. The quantitative estimate of drug-likeness (QED) is 0.127. The SMILES string of the molecule is c1ccc(N(c2ccc(-c3ccccn3)cc2)c2ccc(-c3nc4cccc(-c5cccc6nc(-c7ccc(N(c8ccccc8)c8ccc(-c9ccccn9)cc8)cc7)oc56)c4o3)cc2)cc1. The van der Waals surface area contributed by atoms with Gasteiger partial charge in [-0.2, -0.15) is 0 Å². The van der Waals surface area contributed by atoms with Crippen molar-refractivity contribution in [1.29, 1.82) is 0 Å². The molecule has 0 aliphatic carbocycles. The maximum atomic E-state index is 6.64. The molecule has 12 rings (SSSR count). The van der Waals surface area contributed by atoms with Gasteiger partial charge in [-0.15, -0.1) is 0 Å². The summed E-state index contributed by atoms with van der Waals surface area (Å²) < 4.78 is 13.3. The summed E-state index contributed by atoms with van der Waals surface area (Å²) in [5, 5.41) is 0. The van der Waals surface area contributed by atoms with Gasteiger partial charge in [0.2, 0.25) is 11.8 Å². The molecule has 0 saturated heterocycles. The molecule has 0 N–H and O–H groups in total. The first-order valence-corrected chi connectivity index (χ1v) is 22.4. The fourth-order valence-electron chi connectivity index (χ4n) is 8.75. The number of anilines is 6. The lowest BCUT2D eigenvalue weighted by Crippen LogP contribution is -2.09. The summed E-state index contributed by atoms with van der Waals surface area (Å²) in [4.78, 5) is 23.5. The van der Waals surface area contributed by atoms with Crippen molar-refractivity contribution in [3.63, 3.8) is 0 Å². The highest BCUT2D eigenvalue weighted by molar-refractivity contribution is 6.00. The minimum absolute atomic E-state index is 0.532. The van der Waals surface area contributed by atoms with Gasteiger partial charge in [0.25, 0.3) is 0 Å². The molecule has 0 amide bonds. The van der Waals surface area contributed by atoms with Gasteiger partial charge in [0.05, 0.1) is 11.4 Å². The number of hydrogen-bond acceptors (Lipinski definition) is 8. The summed E-state index contributed by atoms with van der Waals surface area (Å²) in [6.07, 6.45) is 3.64.